The van der Waals surface area contributed by atoms with E-state index in [4.69, 9.17) is 0 Å². The molecule has 0 bridgehead atoms. The van der Waals surface area contributed by atoms with Crippen LogP contribution in [-0.2, 0) is 10.0 Å². The molecule has 31 heavy (non-hydrogen) atoms. The molecule has 1 amide bonds. The highest BCUT2D eigenvalue weighted by molar-refractivity contribution is 7.89. The number of nitrogens with zero attached hydrogens (tertiary/aromatic N) is 4. The Hall–Kier alpha value is -2.88. The van der Waals surface area contributed by atoms with Gasteiger partial charge in [0.1, 0.15) is 5.69 Å². The first-order valence-electron chi connectivity index (χ1n) is 10.3. The Balaban J connectivity index is 0.00000289. The lowest BCUT2D eigenvalue weighted by atomic mass is 10.1. The van der Waals surface area contributed by atoms with Crippen LogP contribution in [0.15, 0.2) is 71.6 Å². The number of piperazine rings is 1. The second-order valence-electron chi connectivity index (χ2n) is 7.51. The molecule has 2 aliphatic rings. The summed E-state index contributed by atoms with van der Waals surface area (Å²) in [5, 5.41) is 2.69. The first kappa shape index (κ1) is 21.4. The summed E-state index contributed by atoms with van der Waals surface area (Å²) in [5.41, 5.74) is 1.99. The number of sulfonamides is 1. The van der Waals surface area contributed by atoms with Gasteiger partial charge in [-0.05, 0) is 42.7 Å². The molecule has 1 aromatic heterocycles. The number of allylic oxidation sites excluding steroid dienone is 2. The Morgan fingerprint density at radius 1 is 1.06 bits per heavy atom. The number of hydrogen-bond acceptors (Lipinski definition) is 6. The summed E-state index contributed by atoms with van der Waals surface area (Å²) in [7, 11) is -3.57. The molecule has 1 aliphatic heterocycles. The Labute approximate surface area is 183 Å². The molecule has 1 aliphatic carbocycles. The quantitative estimate of drug-likeness (QED) is 0.740. The average molecular weight is 442 g/mol. The summed E-state index contributed by atoms with van der Waals surface area (Å²) in [6.07, 6.45) is 13.1. The molecule has 1 aromatic carbocycles. The van der Waals surface area contributed by atoms with Crippen molar-refractivity contribution in [1.29, 1.82) is 0 Å². The average Bonchev–Trinajstić information content (AvgIpc) is 2.81. The third-order valence-electron chi connectivity index (χ3n) is 5.36. The van der Waals surface area contributed by atoms with E-state index in [9.17, 15) is 13.2 Å². The Bertz CT molecular complexity index is 1080. The summed E-state index contributed by atoms with van der Waals surface area (Å²) in [5.74, 6) is -0.400. The van der Waals surface area contributed by atoms with E-state index in [-0.39, 0.29) is 12.0 Å². The maximum atomic E-state index is 13.0. The van der Waals surface area contributed by atoms with Gasteiger partial charge in [-0.25, -0.2) is 13.4 Å². The molecule has 0 saturated carbocycles. The van der Waals surface area contributed by atoms with E-state index < -0.39 is 15.9 Å². The molecule has 2 aromatic rings. The molecule has 0 radical (unpaired) electrons. The zero-order valence-electron chi connectivity index (χ0n) is 17.1. The van der Waals surface area contributed by atoms with Gasteiger partial charge >= 0.3 is 0 Å². The molecule has 0 atom stereocenters. The van der Waals surface area contributed by atoms with Crippen molar-refractivity contribution in [3.05, 3.63) is 72.4 Å². The predicted molar refractivity (Wildman–Crippen MR) is 120 cm³/mol. The smallest absolute Gasteiger partial charge is 0.275 e. The van der Waals surface area contributed by atoms with Crippen molar-refractivity contribution in [2.45, 2.75) is 17.7 Å². The second-order valence-corrected chi connectivity index (χ2v) is 9.45. The van der Waals surface area contributed by atoms with Gasteiger partial charge in [0.2, 0.25) is 10.0 Å². The van der Waals surface area contributed by atoms with Crippen LogP contribution in [0.3, 0.4) is 0 Å². The minimum absolute atomic E-state index is 0. The van der Waals surface area contributed by atoms with Crippen molar-refractivity contribution >= 4 is 21.6 Å². The lowest BCUT2D eigenvalue weighted by Crippen LogP contribution is -2.48. The van der Waals surface area contributed by atoms with E-state index in [0.29, 0.717) is 31.9 Å². The number of hydrogen-bond donors (Lipinski definition) is 1. The van der Waals surface area contributed by atoms with E-state index in [1.807, 2.05) is 0 Å². The third-order valence-corrected chi connectivity index (χ3v) is 7.27. The van der Waals surface area contributed by atoms with Crippen LogP contribution in [0.25, 0.3) is 0 Å². The van der Waals surface area contributed by atoms with Crippen molar-refractivity contribution in [2.24, 2.45) is 0 Å². The van der Waals surface area contributed by atoms with Crippen LogP contribution in [0.4, 0.5) is 5.69 Å². The van der Waals surface area contributed by atoms with Gasteiger partial charge < -0.3 is 5.32 Å². The van der Waals surface area contributed by atoms with E-state index in [0.717, 1.165) is 19.4 Å². The first-order valence-corrected chi connectivity index (χ1v) is 11.7. The van der Waals surface area contributed by atoms with Crippen molar-refractivity contribution in [3.63, 3.8) is 0 Å². The molecule has 164 valence electrons. The summed E-state index contributed by atoms with van der Waals surface area (Å²) in [6.45, 7) is 3.20. The first-order chi connectivity index (χ1) is 15.0. The molecular formula is C22H27N5O3S. The van der Waals surface area contributed by atoms with Gasteiger partial charge in [-0.3, -0.25) is 14.7 Å². The highest BCUT2D eigenvalue weighted by Gasteiger charge is 2.28. The van der Waals surface area contributed by atoms with Gasteiger partial charge in [0.15, 0.2) is 0 Å². The van der Waals surface area contributed by atoms with Gasteiger partial charge in [0, 0.05) is 52.2 Å². The molecular weight excluding hydrogens is 414 g/mol. The number of benzene rings is 1. The standard InChI is InChI=1S/C22H25N5O3S.H2/c28-22(21-16-23-10-11-24-21)25-19-6-8-20(9-7-19)31(29,30)27-14-12-26(13-15-27)17-18-4-2-1-3-5-18;/h2,4-11,16H,1,3,12-15,17H2,(H,25,28);1H. The van der Waals surface area contributed by atoms with E-state index in [1.54, 1.807) is 12.1 Å². The Morgan fingerprint density at radius 3 is 2.48 bits per heavy atom. The van der Waals surface area contributed by atoms with Crippen molar-refractivity contribution in [2.75, 3.05) is 38.0 Å². The van der Waals surface area contributed by atoms with Crippen LogP contribution in [0, 0.1) is 0 Å². The van der Waals surface area contributed by atoms with E-state index in [2.05, 4.69) is 38.4 Å². The number of carbonyl (C=O) groups excluding carboxylic acids is 1. The molecule has 1 N–H and O–H groups in total. The minimum Gasteiger partial charge on any atom is -0.321 e. The van der Waals surface area contributed by atoms with E-state index in [1.165, 1.54) is 40.6 Å². The van der Waals surface area contributed by atoms with E-state index >= 15 is 0 Å². The fourth-order valence-electron chi connectivity index (χ4n) is 3.64. The summed E-state index contributed by atoms with van der Waals surface area (Å²) in [6, 6.07) is 6.20. The molecule has 4 rings (SSSR count). The molecule has 0 spiro atoms. The Morgan fingerprint density at radius 2 is 1.84 bits per heavy atom. The van der Waals surface area contributed by atoms with Crippen LogP contribution in [0.2, 0.25) is 0 Å². The molecule has 9 heteroatoms. The van der Waals surface area contributed by atoms with Crippen molar-refractivity contribution in [3.8, 4) is 0 Å². The largest absolute Gasteiger partial charge is 0.321 e. The number of amides is 1. The second kappa shape index (κ2) is 9.51. The number of aromatic nitrogens is 2. The van der Waals surface area contributed by atoms with Gasteiger partial charge in [-0.1, -0.05) is 18.2 Å². The van der Waals surface area contributed by atoms with Crippen LogP contribution < -0.4 is 5.32 Å². The van der Waals surface area contributed by atoms with Gasteiger partial charge in [-0.2, -0.15) is 4.31 Å². The zero-order chi connectivity index (χ0) is 21.7. The maximum Gasteiger partial charge on any atom is 0.275 e. The number of anilines is 1. The highest BCUT2D eigenvalue weighted by Crippen LogP contribution is 2.21. The normalized spacial score (nSPS) is 17.9. The van der Waals surface area contributed by atoms with Gasteiger partial charge in [0.05, 0.1) is 11.1 Å². The van der Waals surface area contributed by atoms with Crippen LogP contribution in [0.5, 0.6) is 0 Å². The highest BCUT2D eigenvalue weighted by atomic mass is 32.2. The topological polar surface area (TPSA) is 95.5 Å². The summed E-state index contributed by atoms with van der Waals surface area (Å²) < 4.78 is 27.6. The monoisotopic (exact) mass is 441 g/mol. The third kappa shape index (κ3) is 5.25. The lowest BCUT2D eigenvalue weighted by Gasteiger charge is -2.34. The maximum absolute atomic E-state index is 13.0. The molecule has 2 heterocycles. The molecule has 8 nitrogen and oxygen atoms in total. The summed E-state index contributed by atoms with van der Waals surface area (Å²) in [4.78, 5) is 22.5. The number of rotatable bonds is 6. The van der Waals surface area contributed by atoms with Crippen LogP contribution >= 0.6 is 0 Å². The molecule has 1 saturated heterocycles. The lowest BCUT2D eigenvalue weighted by molar-refractivity contribution is 0.102. The summed E-state index contributed by atoms with van der Waals surface area (Å²) >= 11 is 0. The minimum atomic E-state index is -3.57. The Kier molecular flexibility index (Phi) is 6.55. The molecule has 0 unspecified atom stereocenters. The number of carbonyl (C=O) groups is 1. The van der Waals surface area contributed by atoms with Crippen molar-refractivity contribution < 1.29 is 14.6 Å². The van der Waals surface area contributed by atoms with Crippen LogP contribution in [0.1, 0.15) is 24.8 Å². The van der Waals surface area contributed by atoms with Gasteiger partial charge in [-0.15, -0.1) is 0 Å². The fraction of sp³-hybridized carbons (Fsp3) is 0.318. The fourth-order valence-corrected chi connectivity index (χ4v) is 5.06. The van der Waals surface area contributed by atoms with Crippen LogP contribution in [-0.4, -0.2) is 66.2 Å². The SMILES string of the molecule is O=C(Nc1ccc(S(=O)(=O)N2CCN(CC3=CCCC=C3)CC2)cc1)c1cnccn1.[HH]. The number of nitrogens with one attached hydrogen (secondary N) is 1. The molecule has 1 fully saturated rings. The zero-order valence-corrected chi connectivity index (χ0v) is 18.0. The predicted octanol–water partition coefficient (Wildman–Crippen LogP) is 2.56. The van der Waals surface area contributed by atoms with Gasteiger partial charge in [0.25, 0.3) is 5.91 Å². The van der Waals surface area contributed by atoms with Crippen molar-refractivity contribution in [1.82, 2.24) is 19.2 Å².